The van der Waals surface area contributed by atoms with E-state index in [0.29, 0.717) is 17.5 Å². The Hall–Kier alpha value is -3.85. The minimum atomic E-state index is -2.82. The van der Waals surface area contributed by atoms with Gasteiger partial charge >= 0.3 is 5.69 Å². The first kappa shape index (κ1) is 29.6. The summed E-state index contributed by atoms with van der Waals surface area (Å²) in [5, 5.41) is 5.00. The Labute approximate surface area is 248 Å². The zero-order chi connectivity index (χ0) is 29.9. The molecule has 1 saturated heterocycles. The maximum Gasteiger partial charge on any atom is 0.351 e. The lowest BCUT2D eigenvalue weighted by atomic mass is 10.1. The fourth-order valence-corrected chi connectivity index (χ4v) is 10.7. The van der Waals surface area contributed by atoms with E-state index in [1.807, 2.05) is 25.1 Å². The second-order valence-corrected chi connectivity index (χ2v) is 16.1. The van der Waals surface area contributed by atoms with E-state index in [2.05, 4.69) is 86.5 Å². The van der Waals surface area contributed by atoms with Crippen LogP contribution in [0.5, 0.6) is 0 Å². The first-order chi connectivity index (χ1) is 20.1. The molecule has 1 fully saturated rings. The van der Waals surface area contributed by atoms with Gasteiger partial charge in [-0.2, -0.15) is 4.98 Å². The molecule has 0 saturated carbocycles. The molecule has 4 aromatic rings. The number of nitrogens with zero attached hydrogens (tertiary/aromatic N) is 2. The highest BCUT2D eigenvalue weighted by atomic mass is 28.4. The molecular weight excluding hydrogens is 542 g/mol. The first-order valence-corrected chi connectivity index (χ1v) is 16.5. The molecule has 5 rings (SSSR count). The Morgan fingerprint density at radius 1 is 0.976 bits per heavy atom. The molecular formula is C34H39N3O4Si. The van der Waals surface area contributed by atoms with Gasteiger partial charge in [0.2, 0.25) is 0 Å². The van der Waals surface area contributed by atoms with Gasteiger partial charge in [-0.25, -0.2) is 4.79 Å². The first-order valence-electron chi connectivity index (χ1n) is 14.5. The zero-order valence-electron chi connectivity index (χ0n) is 24.9. The summed E-state index contributed by atoms with van der Waals surface area (Å²) in [6, 6.07) is 30.0. The summed E-state index contributed by atoms with van der Waals surface area (Å²) >= 11 is 0. The van der Waals surface area contributed by atoms with Crippen LogP contribution in [0.15, 0.2) is 102 Å². The van der Waals surface area contributed by atoms with Crippen molar-refractivity contribution < 1.29 is 14.0 Å². The van der Waals surface area contributed by atoms with Gasteiger partial charge in [0.1, 0.15) is 12.0 Å². The van der Waals surface area contributed by atoms with Crippen LogP contribution in [0.25, 0.3) is 0 Å². The smallest absolute Gasteiger partial charge is 0.351 e. The van der Waals surface area contributed by atoms with E-state index in [4.69, 9.17) is 9.16 Å². The van der Waals surface area contributed by atoms with E-state index >= 15 is 0 Å². The summed E-state index contributed by atoms with van der Waals surface area (Å²) in [4.78, 5) is 30.2. The SMILES string of the molecule is CC[C@H]1O[C@@H](n2cc(C)c(NC(=O)c3ccccc3)nc2=O)C[C@H]1O[Si](c1ccccc1)(c1ccccc1)C(C)(C)C. The van der Waals surface area contributed by atoms with Crippen LogP contribution in [0, 0.1) is 6.92 Å². The number of anilines is 1. The molecule has 8 heteroatoms. The molecule has 0 aliphatic carbocycles. The predicted octanol–water partition coefficient (Wildman–Crippen LogP) is 5.45. The summed E-state index contributed by atoms with van der Waals surface area (Å²) in [5.74, 6) is -0.0690. The second kappa shape index (κ2) is 12.2. The molecule has 1 aliphatic heterocycles. The molecule has 42 heavy (non-hydrogen) atoms. The summed E-state index contributed by atoms with van der Waals surface area (Å²) in [6.45, 7) is 10.7. The van der Waals surface area contributed by atoms with Crippen molar-refractivity contribution >= 4 is 30.4 Å². The van der Waals surface area contributed by atoms with Gasteiger partial charge < -0.3 is 14.5 Å². The van der Waals surface area contributed by atoms with Gasteiger partial charge in [0, 0.05) is 23.7 Å². The van der Waals surface area contributed by atoms with Crippen molar-refractivity contribution in [1.29, 1.82) is 0 Å². The van der Waals surface area contributed by atoms with Crippen LogP contribution in [0.3, 0.4) is 0 Å². The lowest BCUT2D eigenvalue weighted by Crippen LogP contribution is -2.68. The molecule has 1 amide bonds. The second-order valence-electron chi connectivity index (χ2n) is 11.9. The molecule has 3 aromatic carbocycles. The predicted molar refractivity (Wildman–Crippen MR) is 169 cm³/mol. The van der Waals surface area contributed by atoms with Crippen LogP contribution in [-0.4, -0.2) is 36.0 Å². The number of rotatable bonds is 8. The number of hydrogen-bond donors (Lipinski definition) is 1. The molecule has 0 unspecified atom stereocenters. The molecule has 0 spiro atoms. The van der Waals surface area contributed by atoms with Crippen molar-refractivity contribution in [1.82, 2.24) is 9.55 Å². The van der Waals surface area contributed by atoms with Crippen LogP contribution in [0.1, 0.15) is 62.7 Å². The van der Waals surface area contributed by atoms with Gasteiger partial charge in [-0.1, -0.05) is 107 Å². The van der Waals surface area contributed by atoms with Crippen LogP contribution in [-0.2, 0) is 9.16 Å². The van der Waals surface area contributed by atoms with Crippen molar-refractivity contribution in [2.75, 3.05) is 5.32 Å². The Bertz CT molecular complexity index is 1530. The standard InChI is InChI=1S/C34H39N3O4Si/c1-6-28-29(41-42(34(3,4)5,26-18-12-8-13-19-26)27-20-14-9-15-21-27)22-30(40-28)37-23-24(2)31(36-33(37)39)35-32(38)25-16-10-7-11-17-25/h7-21,23,28-30H,6,22H2,1-5H3,(H,35,36,38,39)/t28-,29-,30-/m1/s1. The van der Waals surface area contributed by atoms with E-state index in [9.17, 15) is 9.59 Å². The molecule has 1 aromatic heterocycles. The average Bonchev–Trinajstić information content (AvgIpc) is 3.40. The van der Waals surface area contributed by atoms with Gasteiger partial charge in [-0.15, -0.1) is 0 Å². The molecule has 218 valence electrons. The van der Waals surface area contributed by atoms with Gasteiger partial charge in [-0.05, 0) is 40.9 Å². The van der Waals surface area contributed by atoms with Crippen molar-refractivity contribution in [3.63, 3.8) is 0 Å². The number of nitrogens with one attached hydrogen (secondary N) is 1. The largest absolute Gasteiger partial charge is 0.402 e. The summed E-state index contributed by atoms with van der Waals surface area (Å²) in [5.41, 5.74) is 0.693. The number of hydrogen-bond acceptors (Lipinski definition) is 5. The average molecular weight is 582 g/mol. The molecule has 2 heterocycles. The number of benzene rings is 3. The number of carbonyl (C=O) groups excluding carboxylic acids is 1. The highest BCUT2D eigenvalue weighted by Crippen LogP contribution is 2.41. The quantitative estimate of drug-likeness (QED) is 0.280. The third-order valence-electron chi connectivity index (χ3n) is 8.04. The van der Waals surface area contributed by atoms with E-state index < -0.39 is 20.2 Å². The maximum absolute atomic E-state index is 13.3. The number of amides is 1. The summed E-state index contributed by atoms with van der Waals surface area (Å²) in [7, 11) is -2.82. The van der Waals surface area contributed by atoms with Crippen LogP contribution in [0.2, 0.25) is 5.04 Å². The highest BCUT2D eigenvalue weighted by Gasteiger charge is 2.53. The Kier molecular flexibility index (Phi) is 8.59. The highest BCUT2D eigenvalue weighted by molar-refractivity contribution is 6.99. The summed E-state index contributed by atoms with van der Waals surface area (Å²) < 4.78 is 15.4. The van der Waals surface area contributed by atoms with E-state index in [-0.39, 0.29) is 29.0 Å². The lowest BCUT2D eigenvalue weighted by molar-refractivity contribution is -0.0192. The van der Waals surface area contributed by atoms with Gasteiger partial charge in [0.05, 0.1) is 12.2 Å². The molecule has 0 radical (unpaired) electrons. The lowest BCUT2D eigenvalue weighted by Gasteiger charge is -2.45. The van der Waals surface area contributed by atoms with Crippen molar-refractivity contribution in [3.05, 3.63) is 119 Å². The third kappa shape index (κ3) is 5.75. The van der Waals surface area contributed by atoms with E-state index in [1.165, 1.54) is 14.9 Å². The Balaban J connectivity index is 1.46. The maximum atomic E-state index is 13.3. The van der Waals surface area contributed by atoms with Gasteiger partial charge in [-0.3, -0.25) is 9.36 Å². The molecule has 1 aliphatic rings. The number of carbonyl (C=O) groups is 1. The normalized spacial score (nSPS) is 19.0. The Morgan fingerprint density at radius 3 is 2.05 bits per heavy atom. The van der Waals surface area contributed by atoms with Crippen LogP contribution >= 0.6 is 0 Å². The molecule has 3 atom stereocenters. The monoisotopic (exact) mass is 581 g/mol. The molecule has 0 bridgehead atoms. The van der Waals surface area contributed by atoms with Crippen molar-refractivity contribution in [3.8, 4) is 0 Å². The van der Waals surface area contributed by atoms with Crippen LogP contribution in [0.4, 0.5) is 5.82 Å². The van der Waals surface area contributed by atoms with E-state index in [0.717, 1.165) is 6.42 Å². The van der Waals surface area contributed by atoms with Crippen molar-refractivity contribution in [2.45, 2.75) is 70.9 Å². The van der Waals surface area contributed by atoms with Gasteiger partial charge in [0.25, 0.3) is 14.2 Å². The van der Waals surface area contributed by atoms with E-state index in [1.54, 1.807) is 30.5 Å². The van der Waals surface area contributed by atoms with Gasteiger partial charge in [0.15, 0.2) is 0 Å². The Morgan fingerprint density at radius 2 is 1.52 bits per heavy atom. The fraction of sp³-hybridized carbons (Fsp3) is 0.324. The number of ether oxygens (including phenoxy) is 1. The van der Waals surface area contributed by atoms with Crippen LogP contribution < -0.4 is 21.4 Å². The molecule has 7 nitrogen and oxygen atoms in total. The summed E-state index contributed by atoms with van der Waals surface area (Å²) in [6.07, 6.45) is 2.03. The fourth-order valence-electron chi connectivity index (χ4n) is 5.94. The molecule has 1 N–H and O–H groups in total. The number of aryl methyl sites for hydroxylation is 1. The minimum absolute atomic E-state index is 0.181. The van der Waals surface area contributed by atoms with Crippen molar-refractivity contribution in [2.24, 2.45) is 0 Å². The zero-order valence-corrected chi connectivity index (χ0v) is 25.9. The third-order valence-corrected chi connectivity index (χ3v) is 13.1. The number of aromatic nitrogens is 2. The minimum Gasteiger partial charge on any atom is -0.402 e. The topological polar surface area (TPSA) is 82.5 Å².